The van der Waals surface area contributed by atoms with E-state index in [2.05, 4.69) is 0 Å². The van der Waals surface area contributed by atoms with Gasteiger partial charge in [0.1, 0.15) is 17.3 Å². The maximum Gasteiger partial charge on any atom is 0.189 e. The third-order valence-electron chi connectivity index (χ3n) is 9.69. The van der Waals surface area contributed by atoms with Gasteiger partial charge in [-0.3, -0.25) is 0 Å². The predicted molar refractivity (Wildman–Crippen MR) is 106 cm³/mol. The number of rotatable bonds is 1. The van der Waals surface area contributed by atoms with Crippen LogP contribution < -0.4 is 0 Å². The minimum Gasteiger partial charge on any atom is -0.392 e. The van der Waals surface area contributed by atoms with Crippen LogP contribution in [0.15, 0.2) is 11.1 Å². The van der Waals surface area contributed by atoms with Gasteiger partial charge in [0.25, 0.3) is 0 Å². The van der Waals surface area contributed by atoms with E-state index in [-0.39, 0.29) is 30.1 Å². The van der Waals surface area contributed by atoms with Gasteiger partial charge in [0.2, 0.25) is 0 Å². The lowest BCUT2D eigenvalue weighted by atomic mass is 9.38. The molecular weight excluding hydrogens is 372 g/mol. The van der Waals surface area contributed by atoms with Gasteiger partial charge in [0.05, 0.1) is 18.8 Å². The van der Waals surface area contributed by atoms with Crippen LogP contribution in [0, 0.1) is 35.0 Å². The van der Waals surface area contributed by atoms with E-state index >= 15 is 0 Å². The Morgan fingerprint density at radius 3 is 2.45 bits per heavy atom. The highest BCUT2D eigenvalue weighted by molar-refractivity contribution is 5.38. The number of aliphatic hydroxyl groups excluding tert-OH is 2. The lowest BCUT2D eigenvalue weighted by molar-refractivity contribution is -0.364. The van der Waals surface area contributed by atoms with Gasteiger partial charge < -0.3 is 29.9 Å². The molecule has 11 atom stereocenters. The second-order valence-electron chi connectivity index (χ2n) is 11.0. The van der Waals surface area contributed by atoms with Gasteiger partial charge in [0.15, 0.2) is 6.29 Å². The van der Waals surface area contributed by atoms with Gasteiger partial charge in [-0.1, -0.05) is 34.6 Å². The highest BCUT2D eigenvalue weighted by Gasteiger charge is 2.77. The zero-order valence-electron chi connectivity index (χ0n) is 18.1. The molecule has 164 valence electrons. The second-order valence-corrected chi connectivity index (χ2v) is 11.0. The normalized spacial score (nSPS) is 59.0. The molecule has 0 radical (unpaired) electrons. The Labute approximate surface area is 172 Å². The molecule has 29 heavy (non-hydrogen) atoms. The summed E-state index contributed by atoms with van der Waals surface area (Å²) in [6, 6.07) is 0. The van der Waals surface area contributed by atoms with E-state index in [0.717, 1.165) is 6.42 Å². The van der Waals surface area contributed by atoms with Crippen molar-refractivity contribution in [3.05, 3.63) is 11.1 Å². The smallest absolute Gasteiger partial charge is 0.189 e. The lowest BCUT2D eigenvalue weighted by Crippen LogP contribution is -2.83. The van der Waals surface area contributed by atoms with Crippen LogP contribution >= 0.6 is 0 Å². The first-order chi connectivity index (χ1) is 13.5. The topological polar surface area (TPSA) is 103 Å². The molecule has 0 spiro atoms. The minimum absolute atomic E-state index is 0.00915. The summed E-state index contributed by atoms with van der Waals surface area (Å²) in [4.78, 5) is 0. The van der Waals surface area contributed by atoms with Gasteiger partial charge in [-0.15, -0.1) is 0 Å². The van der Waals surface area contributed by atoms with Gasteiger partial charge in [-0.25, -0.2) is 0 Å². The summed E-state index contributed by atoms with van der Waals surface area (Å²) in [7, 11) is 0. The molecule has 3 aliphatic carbocycles. The fourth-order valence-electron chi connectivity index (χ4n) is 7.95. The standard InChI is InChI=1S/C23H36O6/c1-10(2)16-17(24)12(4)23(27)21(5)7-6-13-14(9-28-20-18(13)29-20)15(21)8-11(3)22(23,26)19(16)25/h10-12,15-20,24-27H,6-9H2,1-5H3/t11?,12-,15-,16?,17-,18?,19+,20?,21-,22+,23+/m0/s1. The zero-order valence-corrected chi connectivity index (χ0v) is 18.1. The molecule has 0 aromatic heterocycles. The molecule has 4 N–H and O–H groups in total. The van der Waals surface area contributed by atoms with E-state index < -0.39 is 40.7 Å². The van der Waals surface area contributed by atoms with Crippen molar-refractivity contribution in [2.24, 2.45) is 35.0 Å². The number of hydrogen-bond acceptors (Lipinski definition) is 6. The molecule has 0 amide bonds. The molecular formula is C23H36O6. The Hall–Kier alpha value is -0.500. The van der Waals surface area contributed by atoms with E-state index in [1.54, 1.807) is 0 Å². The average molecular weight is 409 g/mol. The molecule has 2 aliphatic heterocycles. The molecule has 1 saturated heterocycles. The third kappa shape index (κ3) is 2.18. The molecule has 3 fully saturated rings. The van der Waals surface area contributed by atoms with Crippen LogP contribution in [0.25, 0.3) is 0 Å². The second kappa shape index (κ2) is 6.05. The number of fused-ring (bicyclic) bond motifs is 6. The van der Waals surface area contributed by atoms with Crippen LogP contribution in [0.3, 0.4) is 0 Å². The first-order valence-corrected chi connectivity index (χ1v) is 11.3. The summed E-state index contributed by atoms with van der Waals surface area (Å²) in [6.45, 7) is 10.2. The quantitative estimate of drug-likeness (QED) is 0.388. The first kappa shape index (κ1) is 20.4. The van der Waals surface area contributed by atoms with Gasteiger partial charge in [0, 0.05) is 17.3 Å². The maximum atomic E-state index is 12.4. The Morgan fingerprint density at radius 2 is 1.79 bits per heavy atom. The summed E-state index contributed by atoms with van der Waals surface area (Å²) in [6.07, 6.45) is 0.0616. The molecule has 5 rings (SSSR count). The highest BCUT2D eigenvalue weighted by Crippen LogP contribution is 2.68. The van der Waals surface area contributed by atoms with Crippen LogP contribution in [0.5, 0.6) is 0 Å². The summed E-state index contributed by atoms with van der Waals surface area (Å²) in [5, 5.41) is 47.0. The molecule has 2 heterocycles. The predicted octanol–water partition coefficient (Wildman–Crippen LogP) is 1.60. The monoisotopic (exact) mass is 408 g/mol. The molecule has 0 aromatic rings. The summed E-state index contributed by atoms with van der Waals surface area (Å²) >= 11 is 0. The van der Waals surface area contributed by atoms with Crippen LogP contribution in [0.2, 0.25) is 0 Å². The molecule has 0 aromatic carbocycles. The Morgan fingerprint density at radius 1 is 1.10 bits per heavy atom. The molecule has 6 nitrogen and oxygen atoms in total. The van der Waals surface area contributed by atoms with Crippen LogP contribution in [0.4, 0.5) is 0 Å². The van der Waals surface area contributed by atoms with Gasteiger partial charge >= 0.3 is 0 Å². The van der Waals surface area contributed by atoms with Crippen LogP contribution in [0.1, 0.15) is 53.9 Å². The third-order valence-corrected chi connectivity index (χ3v) is 9.69. The van der Waals surface area contributed by atoms with Crippen molar-refractivity contribution in [1.82, 2.24) is 0 Å². The van der Waals surface area contributed by atoms with Crippen molar-refractivity contribution >= 4 is 0 Å². The van der Waals surface area contributed by atoms with Crippen molar-refractivity contribution in [3.8, 4) is 0 Å². The number of aliphatic hydroxyl groups is 4. The fourth-order valence-corrected chi connectivity index (χ4v) is 7.95. The largest absolute Gasteiger partial charge is 0.392 e. The molecule has 0 bridgehead atoms. The Kier molecular flexibility index (Phi) is 4.26. The fraction of sp³-hybridized carbons (Fsp3) is 0.913. The van der Waals surface area contributed by atoms with Crippen LogP contribution in [-0.2, 0) is 9.47 Å². The Bertz CT molecular complexity index is 750. The van der Waals surface area contributed by atoms with E-state index in [0.29, 0.717) is 19.4 Å². The number of ether oxygens (including phenoxy) is 2. The highest BCUT2D eigenvalue weighted by atomic mass is 16.8. The summed E-state index contributed by atoms with van der Waals surface area (Å²) in [5.74, 6) is -1.33. The van der Waals surface area contributed by atoms with Crippen molar-refractivity contribution in [1.29, 1.82) is 0 Å². The van der Waals surface area contributed by atoms with Crippen molar-refractivity contribution in [2.45, 2.75) is 89.7 Å². The van der Waals surface area contributed by atoms with E-state index in [4.69, 9.17) is 9.47 Å². The van der Waals surface area contributed by atoms with E-state index in [1.165, 1.54) is 11.1 Å². The van der Waals surface area contributed by atoms with Crippen molar-refractivity contribution < 1.29 is 29.9 Å². The summed E-state index contributed by atoms with van der Waals surface area (Å²) in [5.41, 5.74) is -1.41. The number of epoxide rings is 1. The first-order valence-electron chi connectivity index (χ1n) is 11.3. The molecule has 6 heteroatoms. The molecule has 4 unspecified atom stereocenters. The van der Waals surface area contributed by atoms with Crippen molar-refractivity contribution in [3.63, 3.8) is 0 Å². The van der Waals surface area contributed by atoms with Crippen LogP contribution in [-0.4, -0.2) is 62.8 Å². The molecule has 2 saturated carbocycles. The maximum absolute atomic E-state index is 12.4. The van der Waals surface area contributed by atoms with E-state index in [9.17, 15) is 20.4 Å². The number of hydrogen-bond donors (Lipinski definition) is 4. The van der Waals surface area contributed by atoms with Crippen molar-refractivity contribution in [2.75, 3.05) is 6.61 Å². The van der Waals surface area contributed by atoms with Gasteiger partial charge in [-0.2, -0.15) is 0 Å². The summed E-state index contributed by atoms with van der Waals surface area (Å²) < 4.78 is 11.5. The minimum atomic E-state index is -1.67. The molecule has 5 aliphatic rings. The zero-order chi connectivity index (χ0) is 21.1. The van der Waals surface area contributed by atoms with Gasteiger partial charge in [-0.05, 0) is 48.2 Å². The van der Waals surface area contributed by atoms with E-state index in [1.807, 2.05) is 34.6 Å². The Balaban J connectivity index is 1.65. The average Bonchev–Trinajstić information content (AvgIpc) is 3.45. The lowest BCUT2D eigenvalue weighted by Gasteiger charge is -2.71. The SMILES string of the molecule is CC(C)C1[C@@H](O)[C@H](C)[C@@]2(O)[C@@]3(C)CCC4=C(COC5OC45)[C@@H]3CC(C)[C@@]2(O)[C@@H]1O.